The zero-order chi connectivity index (χ0) is 15.8. The average molecular weight is 357 g/mol. The Labute approximate surface area is 133 Å². The molecule has 0 saturated carbocycles. The number of rotatable bonds is 2. The smallest absolute Gasteiger partial charge is 0.433 e. The van der Waals surface area contributed by atoms with Crippen LogP contribution in [0.3, 0.4) is 0 Å². The van der Waals surface area contributed by atoms with Gasteiger partial charge in [0.25, 0.3) is 0 Å². The topological polar surface area (TPSA) is 22.1 Å². The van der Waals surface area contributed by atoms with E-state index >= 15 is 0 Å². The van der Waals surface area contributed by atoms with Gasteiger partial charge in [-0.2, -0.15) is 13.2 Å². The van der Waals surface area contributed by atoms with Crippen LogP contribution in [-0.4, -0.2) is 12.1 Å². The quantitative estimate of drug-likeness (QED) is 0.640. The minimum Gasteiger partial charge on any atom is -0.481 e. The summed E-state index contributed by atoms with van der Waals surface area (Å²) < 4.78 is 43.3. The minimum absolute atomic E-state index is 0.172. The van der Waals surface area contributed by atoms with Gasteiger partial charge in [0, 0.05) is 16.7 Å². The Kier molecular flexibility index (Phi) is 4.56. The van der Waals surface area contributed by atoms with Crippen molar-refractivity contribution < 1.29 is 17.9 Å². The maximum absolute atomic E-state index is 12.8. The molecule has 21 heavy (non-hydrogen) atoms. The lowest BCUT2D eigenvalue weighted by Crippen LogP contribution is -2.09. The number of ether oxygens (including phenoxy) is 1. The molecule has 0 aliphatic heterocycles. The van der Waals surface area contributed by atoms with E-state index in [0.29, 0.717) is 5.56 Å². The lowest BCUT2D eigenvalue weighted by molar-refractivity contribution is -0.141. The van der Waals surface area contributed by atoms with Gasteiger partial charge in [-0.3, -0.25) is 0 Å². The standard InChI is InChI=1S/C13H7Cl3F3NO/c1-21-12-3-6(2-11(20-12)13(17,18)19)7-4-9(15)10(16)5-8(7)14/h2-5H,1H3. The van der Waals surface area contributed by atoms with Crippen LogP contribution in [-0.2, 0) is 6.18 Å². The Balaban J connectivity index is 2.66. The third kappa shape index (κ3) is 3.54. The van der Waals surface area contributed by atoms with Crippen LogP contribution >= 0.6 is 34.8 Å². The summed E-state index contributed by atoms with van der Waals surface area (Å²) in [5, 5.41) is 0.564. The third-order valence-electron chi connectivity index (χ3n) is 2.62. The monoisotopic (exact) mass is 355 g/mol. The lowest BCUT2D eigenvalue weighted by atomic mass is 10.1. The molecule has 0 saturated heterocycles. The van der Waals surface area contributed by atoms with Crippen LogP contribution in [0.4, 0.5) is 13.2 Å². The van der Waals surface area contributed by atoms with Crippen LogP contribution in [0.15, 0.2) is 24.3 Å². The molecule has 0 amide bonds. The van der Waals surface area contributed by atoms with Gasteiger partial charge in [-0.25, -0.2) is 4.98 Å². The number of hydrogen-bond acceptors (Lipinski definition) is 2. The number of halogens is 6. The molecule has 1 aromatic heterocycles. The Morgan fingerprint density at radius 1 is 0.952 bits per heavy atom. The summed E-state index contributed by atoms with van der Waals surface area (Å²) in [5.74, 6) is -0.179. The summed E-state index contributed by atoms with van der Waals surface area (Å²) in [6, 6.07) is 4.96. The molecular formula is C13H7Cl3F3NO. The fourth-order valence-electron chi connectivity index (χ4n) is 1.65. The van der Waals surface area contributed by atoms with Crippen molar-refractivity contribution in [1.29, 1.82) is 0 Å². The zero-order valence-electron chi connectivity index (χ0n) is 10.4. The Morgan fingerprint density at radius 2 is 1.57 bits per heavy atom. The molecule has 1 aromatic carbocycles. The molecule has 2 nitrogen and oxygen atoms in total. The molecule has 0 aliphatic rings. The maximum Gasteiger partial charge on any atom is 0.433 e. The summed E-state index contributed by atoms with van der Waals surface area (Å²) in [6.45, 7) is 0. The molecule has 2 aromatic rings. The lowest BCUT2D eigenvalue weighted by Gasteiger charge is -2.12. The number of hydrogen-bond donors (Lipinski definition) is 0. The van der Waals surface area contributed by atoms with Gasteiger partial charge in [-0.05, 0) is 23.8 Å². The predicted molar refractivity (Wildman–Crippen MR) is 76.3 cm³/mol. The van der Waals surface area contributed by atoms with Gasteiger partial charge in [0.2, 0.25) is 5.88 Å². The van der Waals surface area contributed by atoms with Gasteiger partial charge in [0.05, 0.1) is 17.2 Å². The first-order chi connectivity index (χ1) is 9.72. The second-order valence-corrected chi connectivity index (χ2v) is 5.25. The largest absolute Gasteiger partial charge is 0.481 e. The fourth-order valence-corrected chi connectivity index (χ4v) is 2.31. The van der Waals surface area contributed by atoms with Crippen molar-refractivity contribution in [2.24, 2.45) is 0 Å². The SMILES string of the molecule is COc1cc(-c2cc(Cl)c(Cl)cc2Cl)cc(C(F)(F)F)n1. The third-order valence-corrected chi connectivity index (χ3v) is 3.66. The zero-order valence-corrected chi connectivity index (χ0v) is 12.7. The first-order valence-corrected chi connectivity index (χ1v) is 6.64. The van der Waals surface area contributed by atoms with E-state index in [1.807, 2.05) is 0 Å². The predicted octanol–water partition coefficient (Wildman–Crippen LogP) is 5.74. The second-order valence-electron chi connectivity index (χ2n) is 4.03. The van der Waals surface area contributed by atoms with Gasteiger partial charge in [0.15, 0.2) is 0 Å². The van der Waals surface area contributed by atoms with Crippen LogP contribution in [0, 0.1) is 0 Å². The molecule has 0 atom stereocenters. The Bertz CT molecular complexity index is 689. The highest BCUT2D eigenvalue weighted by Crippen LogP contribution is 2.38. The summed E-state index contributed by atoms with van der Waals surface area (Å²) >= 11 is 17.7. The van der Waals surface area contributed by atoms with Gasteiger partial charge < -0.3 is 4.74 Å². The number of aromatic nitrogens is 1. The molecule has 0 radical (unpaired) electrons. The Morgan fingerprint density at radius 3 is 2.14 bits per heavy atom. The molecule has 0 N–H and O–H groups in total. The molecule has 0 bridgehead atoms. The summed E-state index contributed by atoms with van der Waals surface area (Å²) in [6.07, 6.45) is -4.61. The van der Waals surface area contributed by atoms with E-state index in [2.05, 4.69) is 4.98 Å². The molecule has 1 heterocycles. The van der Waals surface area contributed by atoms with E-state index in [4.69, 9.17) is 39.5 Å². The average Bonchev–Trinajstić information content (AvgIpc) is 2.41. The van der Waals surface area contributed by atoms with Crippen molar-refractivity contribution in [3.8, 4) is 17.0 Å². The number of benzene rings is 1. The van der Waals surface area contributed by atoms with Crippen LogP contribution in [0.25, 0.3) is 11.1 Å². The second kappa shape index (κ2) is 5.91. The molecular weight excluding hydrogens is 350 g/mol. The van der Waals surface area contributed by atoms with Crippen LogP contribution in [0.5, 0.6) is 5.88 Å². The van der Waals surface area contributed by atoms with Gasteiger partial charge in [0.1, 0.15) is 5.69 Å². The summed E-state index contributed by atoms with van der Waals surface area (Å²) in [5.41, 5.74) is -0.603. The van der Waals surface area contributed by atoms with Crippen molar-refractivity contribution in [3.05, 3.63) is 45.0 Å². The van der Waals surface area contributed by atoms with E-state index in [0.717, 1.165) is 6.07 Å². The normalized spacial score (nSPS) is 11.6. The molecule has 8 heteroatoms. The van der Waals surface area contributed by atoms with E-state index in [-0.39, 0.29) is 26.5 Å². The van der Waals surface area contributed by atoms with Crippen molar-refractivity contribution in [2.75, 3.05) is 7.11 Å². The maximum atomic E-state index is 12.8. The molecule has 0 unspecified atom stereocenters. The van der Waals surface area contributed by atoms with Crippen molar-refractivity contribution in [3.63, 3.8) is 0 Å². The molecule has 0 spiro atoms. The van der Waals surface area contributed by atoms with Crippen molar-refractivity contribution in [1.82, 2.24) is 4.98 Å². The van der Waals surface area contributed by atoms with Crippen LogP contribution < -0.4 is 4.74 Å². The van der Waals surface area contributed by atoms with Gasteiger partial charge in [-0.15, -0.1) is 0 Å². The van der Waals surface area contributed by atoms with E-state index in [9.17, 15) is 13.2 Å². The highest BCUT2D eigenvalue weighted by Gasteiger charge is 2.33. The van der Waals surface area contributed by atoms with E-state index < -0.39 is 11.9 Å². The van der Waals surface area contributed by atoms with Crippen LogP contribution in [0.1, 0.15) is 5.69 Å². The van der Waals surface area contributed by atoms with Gasteiger partial charge >= 0.3 is 6.18 Å². The molecule has 2 rings (SSSR count). The number of alkyl halides is 3. The number of pyridine rings is 1. The van der Waals surface area contributed by atoms with E-state index in [1.54, 1.807) is 0 Å². The first-order valence-electron chi connectivity index (χ1n) is 5.50. The number of methoxy groups -OCH3 is 1. The minimum atomic E-state index is -4.61. The van der Waals surface area contributed by atoms with Gasteiger partial charge in [-0.1, -0.05) is 34.8 Å². The molecule has 0 aliphatic carbocycles. The van der Waals surface area contributed by atoms with Crippen LogP contribution in [0.2, 0.25) is 15.1 Å². The summed E-state index contributed by atoms with van der Waals surface area (Å²) in [4.78, 5) is 3.37. The van der Waals surface area contributed by atoms with E-state index in [1.165, 1.54) is 25.3 Å². The Hall–Kier alpha value is -1.17. The van der Waals surface area contributed by atoms with Crippen molar-refractivity contribution in [2.45, 2.75) is 6.18 Å². The fraction of sp³-hybridized carbons (Fsp3) is 0.154. The highest BCUT2D eigenvalue weighted by atomic mass is 35.5. The first kappa shape index (κ1) is 16.2. The van der Waals surface area contributed by atoms with Crippen molar-refractivity contribution >= 4 is 34.8 Å². The molecule has 0 fully saturated rings. The summed E-state index contributed by atoms with van der Waals surface area (Å²) in [7, 11) is 1.22. The highest BCUT2D eigenvalue weighted by molar-refractivity contribution is 6.44. The molecule has 112 valence electrons. The number of nitrogens with zero attached hydrogens (tertiary/aromatic N) is 1.